The normalized spacial score (nSPS) is 17.6. The highest BCUT2D eigenvalue weighted by atomic mass is 32.2. The van der Waals surface area contributed by atoms with Crippen molar-refractivity contribution in [3.63, 3.8) is 0 Å². The highest BCUT2D eigenvalue weighted by molar-refractivity contribution is 8.00. The summed E-state index contributed by atoms with van der Waals surface area (Å²) in [7, 11) is 0. The van der Waals surface area contributed by atoms with Gasteiger partial charge in [0.1, 0.15) is 28.7 Å². The van der Waals surface area contributed by atoms with Crippen molar-refractivity contribution in [2.24, 2.45) is 5.92 Å². The van der Waals surface area contributed by atoms with Crippen molar-refractivity contribution in [2.45, 2.75) is 95.4 Å². The maximum Gasteiger partial charge on any atom is 0.338 e. The molecule has 3 heterocycles. The summed E-state index contributed by atoms with van der Waals surface area (Å²) in [5.41, 5.74) is 2.85. The van der Waals surface area contributed by atoms with E-state index in [9.17, 15) is 24.0 Å². The number of benzene rings is 3. The van der Waals surface area contributed by atoms with Crippen molar-refractivity contribution in [3.05, 3.63) is 76.5 Å². The first-order chi connectivity index (χ1) is 27.2. The summed E-state index contributed by atoms with van der Waals surface area (Å²) in [6.07, 6.45) is 6.66. The van der Waals surface area contributed by atoms with E-state index in [1.54, 1.807) is 24.3 Å². The third-order valence-corrected chi connectivity index (χ3v) is 11.6. The summed E-state index contributed by atoms with van der Waals surface area (Å²) < 4.78 is 23.5. The fraction of sp³-hybridized carbons (Fsp3) is 0.477. The van der Waals surface area contributed by atoms with Gasteiger partial charge in [-0.05, 0) is 73.9 Å². The Morgan fingerprint density at radius 1 is 0.821 bits per heavy atom. The molecule has 56 heavy (non-hydrogen) atoms. The zero-order valence-electron chi connectivity index (χ0n) is 32.3. The Labute approximate surface area is 331 Å². The van der Waals surface area contributed by atoms with Crippen LogP contribution >= 0.6 is 11.8 Å². The molecule has 12 heteroatoms. The van der Waals surface area contributed by atoms with E-state index >= 15 is 0 Å². The van der Waals surface area contributed by atoms with E-state index in [0.717, 1.165) is 36.0 Å². The molecule has 3 aliphatic heterocycles. The second-order valence-electron chi connectivity index (χ2n) is 15.0. The van der Waals surface area contributed by atoms with Crippen molar-refractivity contribution in [1.82, 2.24) is 10.6 Å². The van der Waals surface area contributed by atoms with Crippen LogP contribution in [0.1, 0.15) is 88.4 Å². The van der Waals surface area contributed by atoms with Gasteiger partial charge in [0.15, 0.2) is 5.43 Å². The van der Waals surface area contributed by atoms with Crippen molar-refractivity contribution in [1.29, 1.82) is 0 Å². The SMILES string of the molecule is CC(C)COC(=O)c1ccccc1-c1c2ccc(=O)cc-2oc2cc(OCCCC(=O)CCCOCCCC(=O)CCCC[C@@H]3SC[C@@H]4NC(=O)N[C@@H]43)ccc12. The maximum absolute atomic E-state index is 13.2. The molecule has 2 N–H and O–H groups in total. The molecule has 0 spiro atoms. The number of carbonyl (C=O) groups excluding carboxylic acids is 4. The number of Topliss-reactive ketones (excluding diaryl/α,β-unsaturated/α-hetero) is 2. The van der Waals surface area contributed by atoms with Gasteiger partial charge in [0.25, 0.3) is 0 Å². The fourth-order valence-electron chi connectivity index (χ4n) is 7.29. The van der Waals surface area contributed by atoms with Gasteiger partial charge < -0.3 is 29.3 Å². The molecule has 0 bridgehead atoms. The molecule has 2 saturated heterocycles. The number of thioether (sulfide) groups is 1. The van der Waals surface area contributed by atoms with Gasteiger partial charge in [-0.3, -0.25) is 14.4 Å². The summed E-state index contributed by atoms with van der Waals surface area (Å²) in [6, 6.07) is 17.8. The standard InChI is InChI=1S/C44H52N2O9S/c1-28(2)26-54-43(50)34-15-5-4-14-33(34)41-35-19-17-31(49)24-38(35)55-39-25-32(18-20-36(39)41)53-23-9-13-30(48)12-8-22-52-21-7-11-29(47)10-3-6-16-40-42-37(27-56-40)45-44(51)46-42/h4-5,14-15,17-20,24-25,28,37,40,42H,3,6-13,16,21-23,26-27H2,1-2H3,(H2,45,46,51)/t37-,40-,42-/m0/s1. The highest BCUT2D eigenvalue weighted by Gasteiger charge is 2.42. The summed E-state index contributed by atoms with van der Waals surface area (Å²) in [4.78, 5) is 61.8. The van der Waals surface area contributed by atoms with Crippen molar-refractivity contribution < 1.29 is 37.8 Å². The quantitative estimate of drug-likeness (QED) is 0.0348. The van der Waals surface area contributed by atoms with Crippen LogP contribution in [0.15, 0.2) is 69.9 Å². The Hall–Kier alpha value is -4.68. The summed E-state index contributed by atoms with van der Waals surface area (Å²) >= 11 is 1.90. The van der Waals surface area contributed by atoms with Crippen LogP contribution in [-0.4, -0.2) is 73.1 Å². The van der Waals surface area contributed by atoms with Crippen LogP contribution in [0.25, 0.3) is 33.4 Å². The zero-order chi connectivity index (χ0) is 39.4. The Morgan fingerprint density at radius 3 is 2.32 bits per heavy atom. The van der Waals surface area contributed by atoms with Crippen LogP contribution in [0.5, 0.6) is 5.75 Å². The summed E-state index contributed by atoms with van der Waals surface area (Å²) in [6.45, 7) is 5.60. The molecule has 0 unspecified atom stereocenters. The van der Waals surface area contributed by atoms with Gasteiger partial charge in [-0.15, -0.1) is 0 Å². The number of ketones is 2. The molecular formula is C44H52N2O9S. The maximum atomic E-state index is 13.2. The molecule has 3 atom stereocenters. The van der Waals surface area contributed by atoms with Crippen LogP contribution < -0.4 is 20.8 Å². The predicted molar refractivity (Wildman–Crippen MR) is 218 cm³/mol. The molecule has 0 saturated carbocycles. The number of esters is 1. The van der Waals surface area contributed by atoms with Gasteiger partial charge in [0.05, 0.1) is 30.9 Å². The van der Waals surface area contributed by atoms with Crippen LogP contribution in [0, 0.1) is 5.92 Å². The van der Waals surface area contributed by atoms with E-state index < -0.39 is 5.97 Å². The molecule has 0 aromatic heterocycles. The second kappa shape index (κ2) is 20.0. The Balaban J connectivity index is 0.897. The van der Waals surface area contributed by atoms with E-state index in [2.05, 4.69) is 10.6 Å². The van der Waals surface area contributed by atoms with Crippen molar-refractivity contribution in [3.8, 4) is 28.2 Å². The van der Waals surface area contributed by atoms with Crippen LogP contribution in [0.3, 0.4) is 0 Å². The summed E-state index contributed by atoms with van der Waals surface area (Å²) in [5.74, 6) is 2.09. The lowest BCUT2D eigenvalue weighted by molar-refractivity contribution is -0.120. The monoisotopic (exact) mass is 784 g/mol. The van der Waals surface area contributed by atoms with Crippen LogP contribution in [0.2, 0.25) is 0 Å². The number of amides is 2. The predicted octanol–water partition coefficient (Wildman–Crippen LogP) is 7.98. The zero-order valence-corrected chi connectivity index (χ0v) is 33.1. The van der Waals surface area contributed by atoms with Crippen LogP contribution in [-0.2, 0) is 19.1 Å². The Morgan fingerprint density at radius 2 is 1.55 bits per heavy atom. The molecule has 2 aromatic rings. The number of urea groups is 1. The lowest BCUT2D eigenvalue weighted by Gasteiger charge is -2.18. The molecule has 4 aliphatic rings. The number of carbonyl (C=O) groups is 4. The van der Waals surface area contributed by atoms with E-state index in [1.807, 2.05) is 49.9 Å². The van der Waals surface area contributed by atoms with Crippen LogP contribution in [0.4, 0.5) is 4.79 Å². The molecule has 0 radical (unpaired) electrons. The number of nitrogens with one attached hydrogen (secondary N) is 2. The molecule has 2 amide bonds. The van der Waals surface area contributed by atoms with Gasteiger partial charge in [-0.1, -0.05) is 38.5 Å². The minimum Gasteiger partial charge on any atom is -0.493 e. The van der Waals surface area contributed by atoms with Gasteiger partial charge in [-0.25, -0.2) is 9.59 Å². The minimum absolute atomic E-state index is 0.0664. The van der Waals surface area contributed by atoms with E-state index in [1.165, 1.54) is 12.1 Å². The molecule has 2 fully saturated rings. The highest BCUT2D eigenvalue weighted by Crippen LogP contribution is 2.42. The van der Waals surface area contributed by atoms with Gasteiger partial charge >= 0.3 is 12.0 Å². The van der Waals surface area contributed by atoms with E-state index in [-0.39, 0.29) is 41.0 Å². The first kappa shape index (κ1) is 41.0. The van der Waals surface area contributed by atoms with Gasteiger partial charge in [-0.2, -0.15) is 11.8 Å². The number of hydrogen-bond donors (Lipinski definition) is 2. The Kier molecular flexibility index (Phi) is 14.6. The third-order valence-electron chi connectivity index (χ3n) is 10.1. The number of hydrogen-bond acceptors (Lipinski definition) is 10. The smallest absolute Gasteiger partial charge is 0.338 e. The summed E-state index contributed by atoms with van der Waals surface area (Å²) in [5, 5.41) is 7.15. The lowest BCUT2D eigenvalue weighted by atomic mass is 9.91. The topological polar surface area (TPSA) is 150 Å². The number of rotatable bonds is 22. The lowest BCUT2D eigenvalue weighted by Crippen LogP contribution is -2.36. The average Bonchev–Trinajstić information content (AvgIpc) is 3.74. The average molecular weight is 785 g/mol. The minimum atomic E-state index is -0.418. The van der Waals surface area contributed by atoms with Gasteiger partial charge in [0.2, 0.25) is 0 Å². The van der Waals surface area contributed by atoms with Gasteiger partial charge in [0, 0.05) is 78.5 Å². The largest absolute Gasteiger partial charge is 0.493 e. The molecule has 6 rings (SSSR count). The third kappa shape index (κ3) is 11.0. The first-order valence-electron chi connectivity index (χ1n) is 19.9. The fourth-order valence-corrected chi connectivity index (χ4v) is 8.84. The Bertz CT molecular complexity index is 2030. The van der Waals surface area contributed by atoms with E-state index in [4.69, 9.17) is 18.6 Å². The molecule has 2 aromatic carbocycles. The molecule has 298 valence electrons. The number of unbranched alkanes of at least 4 members (excludes halogenated alkanes) is 1. The molecule has 1 aliphatic carbocycles. The molecule has 11 nitrogen and oxygen atoms in total. The van der Waals surface area contributed by atoms with Crippen molar-refractivity contribution in [2.75, 3.05) is 32.2 Å². The molecular weight excluding hydrogens is 733 g/mol. The second-order valence-corrected chi connectivity index (χ2v) is 16.3. The number of fused-ring (bicyclic) bond motifs is 3. The first-order valence-corrected chi connectivity index (χ1v) is 20.9. The number of ether oxygens (including phenoxy) is 3. The van der Waals surface area contributed by atoms with E-state index in [0.29, 0.717) is 110 Å². The van der Waals surface area contributed by atoms with Crippen molar-refractivity contribution >= 4 is 46.3 Å².